The molecule has 0 saturated heterocycles. The van der Waals surface area contributed by atoms with Crippen LogP contribution in [0.25, 0.3) is 0 Å². The Morgan fingerprint density at radius 3 is 2.79 bits per heavy atom. The molecule has 0 aliphatic carbocycles. The fourth-order valence-corrected chi connectivity index (χ4v) is 2.70. The summed E-state index contributed by atoms with van der Waals surface area (Å²) in [4.78, 5) is 15.9. The van der Waals surface area contributed by atoms with Crippen molar-refractivity contribution in [1.29, 1.82) is 0 Å². The van der Waals surface area contributed by atoms with Crippen molar-refractivity contribution in [2.75, 3.05) is 12.3 Å². The number of aromatic nitrogens is 2. The Morgan fingerprint density at radius 1 is 1.47 bits per heavy atom. The molecule has 19 heavy (non-hydrogen) atoms. The molecule has 0 unspecified atom stereocenters. The molecule has 0 aliphatic rings. The van der Waals surface area contributed by atoms with Crippen molar-refractivity contribution in [1.82, 2.24) is 9.55 Å². The highest BCUT2D eigenvalue weighted by Gasteiger charge is 2.20. The molecule has 5 nitrogen and oxygen atoms in total. The van der Waals surface area contributed by atoms with Gasteiger partial charge in [0.15, 0.2) is 5.69 Å². The van der Waals surface area contributed by atoms with E-state index in [9.17, 15) is 4.79 Å². The minimum atomic E-state index is -0.469. The zero-order valence-electron chi connectivity index (χ0n) is 11.3. The van der Waals surface area contributed by atoms with Gasteiger partial charge in [-0.1, -0.05) is 0 Å². The Kier molecular flexibility index (Phi) is 3.90. The van der Waals surface area contributed by atoms with Gasteiger partial charge >= 0.3 is 5.97 Å². The number of nitrogen functional groups attached to an aromatic ring is 1. The van der Waals surface area contributed by atoms with Crippen LogP contribution in [0.1, 0.15) is 34.4 Å². The maximum atomic E-state index is 11.7. The van der Waals surface area contributed by atoms with E-state index in [1.54, 1.807) is 18.3 Å². The van der Waals surface area contributed by atoms with Crippen LogP contribution in [0.5, 0.6) is 0 Å². The van der Waals surface area contributed by atoms with Crippen LogP contribution < -0.4 is 5.73 Å². The van der Waals surface area contributed by atoms with E-state index < -0.39 is 5.97 Å². The summed E-state index contributed by atoms with van der Waals surface area (Å²) in [7, 11) is 0. The average molecular weight is 279 g/mol. The first kappa shape index (κ1) is 13.6. The number of carbonyl (C=O) groups excluding carboxylic acids is 1. The Hall–Kier alpha value is -1.82. The standard InChI is InChI=1S/C13H17N3O2S/c1-4-18-13(17)11-12(14)16(9(3)15-11)5-10-7-19-6-8(10)2/h6-7H,4-5,14H2,1-3H3. The summed E-state index contributed by atoms with van der Waals surface area (Å²) in [6, 6.07) is 0. The van der Waals surface area contributed by atoms with Gasteiger partial charge in [0, 0.05) is 0 Å². The highest BCUT2D eigenvalue weighted by Crippen LogP contribution is 2.21. The lowest BCUT2D eigenvalue weighted by atomic mass is 10.2. The van der Waals surface area contributed by atoms with Gasteiger partial charge in [0.2, 0.25) is 0 Å². The molecule has 0 atom stereocenters. The van der Waals surface area contributed by atoms with Gasteiger partial charge < -0.3 is 15.0 Å². The number of imidazole rings is 1. The summed E-state index contributed by atoms with van der Waals surface area (Å²) in [5.74, 6) is 0.608. The molecule has 102 valence electrons. The van der Waals surface area contributed by atoms with Crippen molar-refractivity contribution >= 4 is 23.1 Å². The van der Waals surface area contributed by atoms with Gasteiger partial charge in [-0.15, -0.1) is 0 Å². The van der Waals surface area contributed by atoms with E-state index in [4.69, 9.17) is 10.5 Å². The van der Waals surface area contributed by atoms with Gasteiger partial charge in [-0.25, -0.2) is 9.78 Å². The Morgan fingerprint density at radius 2 is 2.21 bits per heavy atom. The SMILES string of the molecule is CCOC(=O)c1nc(C)n(Cc2cscc2C)c1N. The van der Waals surface area contributed by atoms with E-state index in [1.165, 1.54) is 11.1 Å². The van der Waals surface area contributed by atoms with Crippen molar-refractivity contribution in [3.63, 3.8) is 0 Å². The molecule has 2 N–H and O–H groups in total. The summed E-state index contributed by atoms with van der Waals surface area (Å²) < 4.78 is 6.78. The van der Waals surface area contributed by atoms with E-state index >= 15 is 0 Å². The fourth-order valence-electron chi connectivity index (χ4n) is 1.85. The number of ether oxygens (including phenoxy) is 1. The van der Waals surface area contributed by atoms with Crippen molar-refractivity contribution < 1.29 is 9.53 Å². The number of carbonyl (C=O) groups is 1. The molecular formula is C13H17N3O2S. The van der Waals surface area contributed by atoms with Gasteiger partial charge in [-0.05, 0) is 42.7 Å². The van der Waals surface area contributed by atoms with E-state index in [0.29, 0.717) is 24.8 Å². The van der Waals surface area contributed by atoms with Crippen LogP contribution in [-0.2, 0) is 11.3 Å². The Labute approximate surface area is 116 Å². The number of rotatable bonds is 4. The second-order valence-corrected chi connectivity index (χ2v) is 5.02. The largest absolute Gasteiger partial charge is 0.461 e. The quantitative estimate of drug-likeness (QED) is 0.872. The van der Waals surface area contributed by atoms with E-state index in [2.05, 4.69) is 22.7 Å². The average Bonchev–Trinajstić information content (AvgIpc) is 2.88. The Bertz CT molecular complexity index is 601. The molecule has 0 bridgehead atoms. The first-order valence-electron chi connectivity index (χ1n) is 6.06. The number of hydrogen-bond acceptors (Lipinski definition) is 5. The van der Waals surface area contributed by atoms with Gasteiger partial charge in [-0.2, -0.15) is 11.3 Å². The molecule has 2 aromatic heterocycles. The van der Waals surface area contributed by atoms with Crippen LogP contribution in [0, 0.1) is 13.8 Å². The molecule has 0 aliphatic heterocycles. The monoisotopic (exact) mass is 279 g/mol. The lowest BCUT2D eigenvalue weighted by Crippen LogP contribution is -2.10. The van der Waals surface area contributed by atoms with Crippen LogP contribution >= 0.6 is 11.3 Å². The molecule has 0 spiro atoms. The van der Waals surface area contributed by atoms with Crippen molar-refractivity contribution in [3.05, 3.63) is 33.4 Å². The fraction of sp³-hybridized carbons (Fsp3) is 0.385. The van der Waals surface area contributed by atoms with Crippen molar-refractivity contribution in [2.24, 2.45) is 0 Å². The lowest BCUT2D eigenvalue weighted by molar-refractivity contribution is 0.0521. The third-order valence-electron chi connectivity index (χ3n) is 2.96. The highest BCUT2D eigenvalue weighted by atomic mass is 32.1. The third-order valence-corrected chi connectivity index (χ3v) is 3.87. The van der Waals surface area contributed by atoms with Gasteiger partial charge in [0.25, 0.3) is 0 Å². The summed E-state index contributed by atoms with van der Waals surface area (Å²) in [6.45, 7) is 6.58. The van der Waals surface area contributed by atoms with Gasteiger partial charge in [0.1, 0.15) is 11.6 Å². The lowest BCUT2D eigenvalue weighted by Gasteiger charge is -2.07. The molecule has 0 radical (unpaired) electrons. The van der Waals surface area contributed by atoms with E-state index in [0.717, 1.165) is 0 Å². The first-order chi connectivity index (χ1) is 9.04. The summed E-state index contributed by atoms with van der Waals surface area (Å²) in [6.07, 6.45) is 0. The number of esters is 1. The molecule has 2 aromatic rings. The molecule has 0 fully saturated rings. The number of nitrogens with zero attached hydrogens (tertiary/aromatic N) is 2. The van der Waals surface area contributed by atoms with Crippen LogP contribution in [0.2, 0.25) is 0 Å². The normalized spacial score (nSPS) is 10.7. The number of anilines is 1. The topological polar surface area (TPSA) is 70.1 Å². The minimum absolute atomic E-state index is 0.201. The smallest absolute Gasteiger partial charge is 0.360 e. The van der Waals surface area contributed by atoms with Crippen LogP contribution in [-0.4, -0.2) is 22.1 Å². The van der Waals surface area contributed by atoms with Gasteiger partial charge in [-0.3, -0.25) is 0 Å². The molecule has 6 heteroatoms. The van der Waals surface area contributed by atoms with Gasteiger partial charge in [0.05, 0.1) is 13.2 Å². The number of hydrogen-bond donors (Lipinski definition) is 1. The predicted molar refractivity (Wildman–Crippen MR) is 75.5 cm³/mol. The van der Waals surface area contributed by atoms with Crippen LogP contribution in [0.15, 0.2) is 10.8 Å². The summed E-state index contributed by atoms with van der Waals surface area (Å²) >= 11 is 1.65. The molecule has 0 saturated carbocycles. The second kappa shape index (κ2) is 5.44. The highest BCUT2D eigenvalue weighted by molar-refractivity contribution is 7.08. The first-order valence-corrected chi connectivity index (χ1v) is 7.00. The maximum Gasteiger partial charge on any atom is 0.360 e. The minimum Gasteiger partial charge on any atom is -0.461 e. The number of thiophene rings is 1. The molecule has 2 heterocycles. The zero-order chi connectivity index (χ0) is 14.0. The summed E-state index contributed by atoms with van der Waals surface area (Å²) in [5.41, 5.74) is 8.61. The molecular weight excluding hydrogens is 262 g/mol. The number of aryl methyl sites for hydroxylation is 2. The summed E-state index contributed by atoms with van der Waals surface area (Å²) in [5, 5.41) is 4.17. The van der Waals surface area contributed by atoms with E-state index in [-0.39, 0.29) is 5.69 Å². The van der Waals surface area contributed by atoms with Crippen LogP contribution in [0.3, 0.4) is 0 Å². The maximum absolute atomic E-state index is 11.7. The van der Waals surface area contributed by atoms with Crippen molar-refractivity contribution in [3.8, 4) is 0 Å². The molecule has 0 amide bonds. The van der Waals surface area contributed by atoms with Crippen LogP contribution in [0.4, 0.5) is 5.82 Å². The second-order valence-electron chi connectivity index (χ2n) is 4.28. The third kappa shape index (κ3) is 2.63. The molecule has 0 aromatic carbocycles. The van der Waals surface area contributed by atoms with E-state index in [1.807, 2.05) is 11.5 Å². The number of nitrogens with two attached hydrogens (primary N) is 1. The van der Waals surface area contributed by atoms with Crippen molar-refractivity contribution in [2.45, 2.75) is 27.3 Å². The zero-order valence-corrected chi connectivity index (χ0v) is 12.1. The Balaban J connectivity index is 2.32. The molecule has 2 rings (SSSR count). The predicted octanol–water partition coefficient (Wildman–Crippen LogP) is 2.37.